The van der Waals surface area contributed by atoms with Crippen LogP contribution in [0, 0.1) is 0 Å². The van der Waals surface area contributed by atoms with Crippen molar-refractivity contribution in [3.8, 4) is 0 Å². The van der Waals surface area contributed by atoms with Crippen LogP contribution in [0.15, 0.2) is 46.9 Å². The zero-order valence-corrected chi connectivity index (χ0v) is 14.3. The lowest BCUT2D eigenvalue weighted by Gasteiger charge is -2.04. The number of nitrogens with one attached hydrogen (secondary N) is 1. The lowest BCUT2D eigenvalue weighted by atomic mass is 10.2. The van der Waals surface area contributed by atoms with E-state index in [0.717, 1.165) is 20.3 Å². The lowest BCUT2D eigenvalue weighted by molar-refractivity contribution is 0.155. The van der Waals surface area contributed by atoms with Crippen molar-refractivity contribution in [2.45, 2.75) is 6.61 Å². The summed E-state index contributed by atoms with van der Waals surface area (Å²) in [5.74, 6) is 0. The number of halogens is 2. The highest BCUT2D eigenvalue weighted by Gasteiger charge is 2.10. The van der Waals surface area contributed by atoms with Crippen LogP contribution in [0.3, 0.4) is 0 Å². The molecule has 4 nitrogen and oxygen atoms in total. The number of hydrogen-bond donors (Lipinski definition) is 1. The maximum Gasteiger partial charge on any atom is 0.413 e. The molecule has 1 amide bonds. The van der Waals surface area contributed by atoms with Crippen LogP contribution in [-0.4, -0.2) is 11.1 Å². The number of carbonyl (C=O) groups is 1. The number of hydrogen-bond acceptors (Lipinski definition) is 4. The minimum absolute atomic E-state index is 0.217. The molecule has 0 aliphatic heterocycles. The standard InChI is InChI=1S/C15H10BrClN2O2S/c16-10-6-13-12(7-11(10)17)18-14(22-13)19-15(20)21-8-9-4-2-1-3-5-9/h1-7H,8H2,(H,18,19,20). The first-order valence-electron chi connectivity index (χ1n) is 6.35. The lowest BCUT2D eigenvalue weighted by Crippen LogP contribution is -2.13. The molecule has 1 N–H and O–H groups in total. The van der Waals surface area contributed by atoms with E-state index in [0.29, 0.717) is 10.2 Å². The predicted molar refractivity (Wildman–Crippen MR) is 92.6 cm³/mol. The molecule has 7 heteroatoms. The molecule has 0 spiro atoms. The predicted octanol–water partition coefficient (Wildman–Crippen LogP) is 5.46. The second-order valence-electron chi connectivity index (χ2n) is 4.44. The average Bonchev–Trinajstić information content (AvgIpc) is 2.88. The van der Waals surface area contributed by atoms with E-state index in [2.05, 4.69) is 26.2 Å². The number of anilines is 1. The first-order valence-corrected chi connectivity index (χ1v) is 8.34. The molecule has 0 bridgehead atoms. The summed E-state index contributed by atoms with van der Waals surface area (Å²) in [7, 11) is 0. The highest BCUT2D eigenvalue weighted by Crippen LogP contribution is 2.33. The van der Waals surface area contributed by atoms with Gasteiger partial charge < -0.3 is 4.74 Å². The Hall–Kier alpha value is -1.63. The molecular formula is C15H10BrClN2O2S. The van der Waals surface area contributed by atoms with Gasteiger partial charge in [-0.3, -0.25) is 5.32 Å². The first-order chi connectivity index (χ1) is 10.6. The summed E-state index contributed by atoms with van der Waals surface area (Å²) in [4.78, 5) is 16.1. The number of carbonyl (C=O) groups excluding carboxylic acids is 1. The molecule has 0 atom stereocenters. The smallest absolute Gasteiger partial charge is 0.413 e. The fourth-order valence-corrected chi connectivity index (χ4v) is 3.35. The largest absolute Gasteiger partial charge is 0.444 e. The topological polar surface area (TPSA) is 51.2 Å². The van der Waals surface area contributed by atoms with Crippen molar-refractivity contribution in [3.05, 3.63) is 57.5 Å². The summed E-state index contributed by atoms with van der Waals surface area (Å²) < 4.78 is 6.88. The molecule has 0 aliphatic rings. The Morgan fingerprint density at radius 1 is 1.32 bits per heavy atom. The third-order valence-corrected chi connectivity index (χ3v) is 4.98. The van der Waals surface area contributed by atoms with Crippen LogP contribution in [-0.2, 0) is 11.3 Å². The molecule has 22 heavy (non-hydrogen) atoms. The van der Waals surface area contributed by atoms with Crippen molar-refractivity contribution >= 4 is 60.3 Å². The van der Waals surface area contributed by atoms with Gasteiger partial charge in [-0.1, -0.05) is 53.3 Å². The van der Waals surface area contributed by atoms with Crippen molar-refractivity contribution in [3.63, 3.8) is 0 Å². The summed E-state index contributed by atoms with van der Waals surface area (Å²) in [5, 5.41) is 3.68. The van der Waals surface area contributed by atoms with Crippen LogP contribution in [0.1, 0.15) is 5.56 Å². The van der Waals surface area contributed by atoms with Gasteiger partial charge in [-0.2, -0.15) is 0 Å². The Kier molecular flexibility index (Phi) is 4.61. The van der Waals surface area contributed by atoms with Crippen molar-refractivity contribution in [2.24, 2.45) is 0 Å². The summed E-state index contributed by atoms with van der Waals surface area (Å²) in [6.45, 7) is 0.217. The van der Waals surface area contributed by atoms with E-state index in [4.69, 9.17) is 16.3 Å². The summed E-state index contributed by atoms with van der Waals surface area (Å²) >= 11 is 10.7. The van der Waals surface area contributed by atoms with Crippen LogP contribution < -0.4 is 5.32 Å². The first kappa shape index (κ1) is 15.3. The van der Waals surface area contributed by atoms with E-state index < -0.39 is 6.09 Å². The number of aromatic nitrogens is 1. The Morgan fingerprint density at radius 2 is 2.09 bits per heavy atom. The maximum atomic E-state index is 11.8. The van der Waals surface area contributed by atoms with E-state index in [1.54, 1.807) is 6.07 Å². The molecule has 0 saturated carbocycles. The third kappa shape index (κ3) is 3.58. The van der Waals surface area contributed by atoms with E-state index in [1.807, 2.05) is 36.4 Å². The molecule has 0 fully saturated rings. The van der Waals surface area contributed by atoms with Gasteiger partial charge >= 0.3 is 6.09 Å². The fraction of sp³-hybridized carbons (Fsp3) is 0.0667. The Morgan fingerprint density at radius 3 is 2.86 bits per heavy atom. The Labute approximate surface area is 144 Å². The van der Waals surface area contributed by atoms with Crippen molar-refractivity contribution in [1.29, 1.82) is 0 Å². The highest BCUT2D eigenvalue weighted by molar-refractivity contribution is 9.10. The van der Waals surface area contributed by atoms with E-state index >= 15 is 0 Å². The summed E-state index contributed by atoms with van der Waals surface area (Å²) in [6, 6.07) is 13.1. The van der Waals surface area contributed by atoms with Gasteiger partial charge in [0.05, 0.1) is 15.2 Å². The van der Waals surface area contributed by atoms with E-state index in [1.165, 1.54) is 11.3 Å². The van der Waals surface area contributed by atoms with Crippen LogP contribution in [0.25, 0.3) is 10.2 Å². The number of nitrogens with zero attached hydrogens (tertiary/aromatic N) is 1. The number of fused-ring (bicyclic) bond motifs is 1. The third-order valence-electron chi connectivity index (χ3n) is 2.85. The van der Waals surface area contributed by atoms with E-state index in [-0.39, 0.29) is 6.61 Å². The minimum atomic E-state index is -0.534. The van der Waals surface area contributed by atoms with Crippen molar-refractivity contribution < 1.29 is 9.53 Å². The quantitative estimate of drug-likeness (QED) is 0.638. The normalized spacial score (nSPS) is 10.6. The Bertz CT molecular complexity index is 784. The second kappa shape index (κ2) is 6.64. The summed E-state index contributed by atoms with van der Waals surface area (Å²) in [6.07, 6.45) is -0.534. The van der Waals surface area contributed by atoms with Crippen molar-refractivity contribution in [1.82, 2.24) is 4.98 Å². The number of thiazole rings is 1. The van der Waals surface area contributed by atoms with Gasteiger partial charge in [0.25, 0.3) is 0 Å². The van der Waals surface area contributed by atoms with Gasteiger partial charge in [0.1, 0.15) is 6.61 Å². The molecule has 3 aromatic rings. The molecule has 0 saturated heterocycles. The van der Waals surface area contributed by atoms with Crippen LogP contribution >= 0.6 is 38.9 Å². The van der Waals surface area contributed by atoms with Gasteiger partial charge in [0.15, 0.2) is 5.13 Å². The zero-order valence-electron chi connectivity index (χ0n) is 11.2. The second-order valence-corrected chi connectivity index (χ2v) is 6.73. The van der Waals surface area contributed by atoms with Crippen LogP contribution in [0.2, 0.25) is 5.02 Å². The molecule has 0 aliphatic carbocycles. The molecule has 0 unspecified atom stereocenters. The minimum Gasteiger partial charge on any atom is -0.444 e. The van der Waals surface area contributed by atoms with Gasteiger partial charge in [-0.25, -0.2) is 9.78 Å². The molecule has 1 heterocycles. The molecule has 0 radical (unpaired) electrons. The van der Waals surface area contributed by atoms with Gasteiger partial charge in [0, 0.05) is 4.47 Å². The SMILES string of the molecule is O=C(Nc1nc2cc(Cl)c(Br)cc2s1)OCc1ccccc1. The average molecular weight is 398 g/mol. The number of ether oxygens (including phenoxy) is 1. The van der Waals surface area contributed by atoms with Gasteiger partial charge in [0.2, 0.25) is 0 Å². The van der Waals surface area contributed by atoms with Crippen LogP contribution in [0.4, 0.5) is 9.93 Å². The Balaban J connectivity index is 1.66. The molecular weight excluding hydrogens is 388 g/mol. The van der Waals surface area contributed by atoms with Gasteiger partial charge in [-0.05, 0) is 33.6 Å². The fourth-order valence-electron chi connectivity index (χ4n) is 1.82. The number of amides is 1. The molecule has 2 aromatic carbocycles. The number of benzene rings is 2. The molecule has 3 rings (SSSR count). The molecule has 1 aromatic heterocycles. The number of rotatable bonds is 3. The van der Waals surface area contributed by atoms with Crippen molar-refractivity contribution in [2.75, 3.05) is 5.32 Å². The monoisotopic (exact) mass is 396 g/mol. The maximum absolute atomic E-state index is 11.8. The zero-order chi connectivity index (χ0) is 15.5. The van der Waals surface area contributed by atoms with E-state index in [9.17, 15) is 4.79 Å². The summed E-state index contributed by atoms with van der Waals surface area (Å²) in [5.41, 5.74) is 1.66. The van der Waals surface area contributed by atoms with Crippen LogP contribution in [0.5, 0.6) is 0 Å². The van der Waals surface area contributed by atoms with Gasteiger partial charge in [-0.15, -0.1) is 0 Å². The molecule has 112 valence electrons. The highest BCUT2D eigenvalue weighted by atomic mass is 79.9.